The van der Waals surface area contributed by atoms with Crippen molar-refractivity contribution in [1.29, 1.82) is 0 Å². The number of anilines is 1. The summed E-state index contributed by atoms with van der Waals surface area (Å²) in [5.74, 6) is 1.93. The number of rotatable bonds is 6. The van der Waals surface area contributed by atoms with E-state index in [2.05, 4.69) is 19.2 Å². The summed E-state index contributed by atoms with van der Waals surface area (Å²) in [5.41, 5.74) is 1.68. The van der Waals surface area contributed by atoms with E-state index in [1.165, 1.54) is 0 Å². The van der Waals surface area contributed by atoms with E-state index in [0.717, 1.165) is 22.8 Å². The molecule has 5 heteroatoms. The van der Waals surface area contributed by atoms with Crippen molar-refractivity contribution in [2.75, 3.05) is 11.9 Å². The number of furan rings is 1. The first-order valence-corrected chi connectivity index (χ1v) is 9.92. The standard InChI is InChI=1S/C24H26N2O3/c1-17(2)16-29-19-9-6-8-18(14-19)24(3)25-22-12-5-4-11-21(22)23(27)26(24)15-20-10-7-13-28-20/h4-14,17,25H,15-16H2,1-3H3. The molecule has 150 valence electrons. The third-order valence-corrected chi connectivity index (χ3v) is 5.19. The Hall–Kier alpha value is -3.21. The highest BCUT2D eigenvalue weighted by molar-refractivity contribution is 6.02. The summed E-state index contributed by atoms with van der Waals surface area (Å²) < 4.78 is 11.5. The third-order valence-electron chi connectivity index (χ3n) is 5.19. The molecule has 0 saturated heterocycles. The van der Waals surface area contributed by atoms with Gasteiger partial charge in [-0.05, 0) is 49.2 Å². The van der Waals surface area contributed by atoms with E-state index >= 15 is 0 Å². The van der Waals surface area contributed by atoms with Crippen LogP contribution < -0.4 is 10.1 Å². The van der Waals surface area contributed by atoms with Gasteiger partial charge in [-0.25, -0.2) is 0 Å². The lowest BCUT2D eigenvalue weighted by molar-refractivity contribution is 0.0486. The van der Waals surface area contributed by atoms with Gasteiger partial charge >= 0.3 is 0 Å². The molecule has 1 aliphatic rings. The minimum Gasteiger partial charge on any atom is -0.493 e. The summed E-state index contributed by atoms with van der Waals surface area (Å²) in [6.45, 7) is 7.26. The molecule has 1 aliphatic heterocycles. The van der Waals surface area contributed by atoms with Crippen LogP contribution in [0.15, 0.2) is 71.3 Å². The minimum atomic E-state index is -0.755. The van der Waals surface area contributed by atoms with Gasteiger partial charge in [-0.2, -0.15) is 0 Å². The average Bonchev–Trinajstić information content (AvgIpc) is 3.23. The molecule has 0 bridgehead atoms. The van der Waals surface area contributed by atoms with E-state index in [-0.39, 0.29) is 5.91 Å². The molecule has 2 aromatic carbocycles. The summed E-state index contributed by atoms with van der Waals surface area (Å²) in [5, 5.41) is 3.58. The molecule has 0 saturated carbocycles. The highest BCUT2D eigenvalue weighted by atomic mass is 16.5. The largest absolute Gasteiger partial charge is 0.493 e. The van der Waals surface area contributed by atoms with Crippen molar-refractivity contribution in [3.63, 3.8) is 0 Å². The fourth-order valence-corrected chi connectivity index (χ4v) is 3.62. The van der Waals surface area contributed by atoms with E-state index in [1.54, 1.807) is 6.26 Å². The van der Waals surface area contributed by atoms with Gasteiger partial charge in [-0.3, -0.25) is 4.79 Å². The number of para-hydroxylation sites is 1. The Morgan fingerprint density at radius 1 is 1.10 bits per heavy atom. The van der Waals surface area contributed by atoms with Crippen LogP contribution in [-0.2, 0) is 12.2 Å². The van der Waals surface area contributed by atoms with Crippen LogP contribution >= 0.6 is 0 Å². The van der Waals surface area contributed by atoms with Crippen LogP contribution in [0.2, 0.25) is 0 Å². The second-order valence-corrected chi connectivity index (χ2v) is 7.95. The Bertz CT molecular complexity index is 997. The van der Waals surface area contributed by atoms with Gasteiger partial charge in [-0.1, -0.05) is 38.1 Å². The molecule has 3 aromatic rings. The monoisotopic (exact) mass is 390 g/mol. The molecule has 1 amide bonds. The van der Waals surface area contributed by atoms with Gasteiger partial charge in [0.25, 0.3) is 5.91 Å². The lowest BCUT2D eigenvalue weighted by Crippen LogP contribution is -2.55. The second kappa shape index (κ2) is 7.66. The molecule has 0 fully saturated rings. The molecule has 0 aliphatic carbocycles. The molecule has 1 unspecified atom stereocenters. The lowest BCUT2D eigenvalue weighted by atomic mass is 9.93. The zero-order valence-electron chi connectivity index (χ0n) is 17.0. The molecule has 0 radical (unpaired) electrons. The summed E-state index contributed by atoms with van der Waals surface area (Å²) >= 11 is 0. The first-order chi connectivity index (χ1) is 14.0. The Balaban J connectivity index is 1.75. The number of carbonyl (C=O) groups is 1. The van der Waals surface area contributed by atoms with Crippen LogP contribution in [0.1, 0.15) is 42.5 Å². The number of hydrogen-bond acceptors (Lipinski definition) is 4. The summed E-state index contributed by atoms with van der Waals surface area (Å²) in [7, 11) is 0. The van der Waals surface area contributed by atoms with E-state index in [9.17, 15) is 4.79 Å². The lowest BCUT2D eigenvalue weighted by Gasteiger charge is -2.46. The number of amides is 1. The quantitative estimate of drug-likeness (QED) is 0.624. The maximum absolute atomic E-state index is 13.4. The third kappa shape index (κ3) is 3.73. The van der Waals surface area contributed by atoms with Crippen LogP contribution in [0.3, 0.4) is 0 Å². The van der Waals surface area contributed by atoms with Gasteiger partial charge in [0, 0.05) is 11.3 Å². The van der Waals surface area contributed by atoms with Crippen molar-refractivity contribution in [3.8, 4) is 5.75 Å². The van der Waals surface area contributed by atoms with E-state index in [0.29, 0.717) is 24.6 Å². The fourth-order valence-electron chi connectivity index (χ4n) is 3.62. The van der Waals surface area contributed by atoms with Gasteiger partial charge in [-0.15, -0.1) is 0 Å². The number of hydrogen-bond donors (Lipinski definition) is 1. The van der Waals surface area contributed by atoms with Gasteiger partial charge in [0.05, 0.1) is 25.0 Å². The van der Waals surface area contributed by atoms with Gasteiger partial charge in [0.2, 0.25) is 0 Å². The van der Waals surface area contributed by atoms with Crippen LogP contribution in [0, 0.1) is 5.92 Å². The Labute approximate surface area is 171 Å². The van der Waals surface area contributed by atoms with Crippen molar-refractivity contribution in [2.24, 2.45) is 5.92 Å². The minimum absolute atomic E-state index is 0.0354. The zero-order chi connectivity index (χ0) is 20.4. The van der Waals surface area contributed by atoms with Gasteiger partial charge in [0.1, 0.15) is 17.2 Å². The number of fused-ring (bicyclic) bond motifs is 1. The van der Waals surface area contributed by atoms with Crippen LogP contribution in [0.5, 0.6) is 5.75 Å². The predicted octanol–water partition coefficient (Wildman–Crippen LogP) is 5.26. The Morgan fingerprint density at radius 3 is 2.69 bits per heavy atom. The number of nitrogens with one attached hydrogen (secondary N) is 1. The molecular formula is C24H26N2O3. The van der Waals surface area contributed by atoms with Crippen LogP contribution in [0.4, 0.5) is 5.69 Å². The normalized spacial score (nSPS) is 18.5. The van der Waals surface area contributed by atoms with Gasteiger partial charge in [0.15, 0.2) is 0 Å². The van der Waals surface area contributed by atoms with E-state index in [1.807, 2.05) is 72.5 Å². The topological polar surface area (TPSA) is 54.7 Å². The molecule has 4 rings (SSSR count). The molecule has 1 aromatic heterocycles. The molecule has 29 heavy (non-hydrogen) atoms. The SMILES string of the molecule is CC(C)COc1cccc(C2(C)Nc3ccccc3C(=O)N2Cc2ccco2)c1. The maximum atomic E-state index is 13.4. The smallest absolute Gasteiger partial charge is 0.258 e. The number of nitrogens with zero attached hydrogens (tertiary/aromatic N) is 1. The molecule has 2 heterocycles. The molecule has 5 nitrogen and oxygen atoms in total. The van der Waals surface area contributed by atoms with Crippen molar-refractivity contribution in [1.82, 2.24) is 4.90 Å². The zero-order valence-corrected chi connectivity index (χ0v) is 17.0. The van der Waals surface area contributed by atoms with E-state index in [4.69, 9.17) is 9.15 Å². The van der Waals surface area contributed by atoms with Crippen molar-refractivity contribution < 1.29 is 13.9 Å². The Morgan fingerprint density at radius 2 is 1.93 bits per heavy atom. The maximum Gasteiger partial charge on any atom is 0.258 e. The number of carbonyl (C=O) groups excluding carboxylic acids is 1. The summed E-state index contributed by atoms with van der Waals surface area (Å²) in [4.78, 5) is 15.3. The molecule has 1 N–H and O–H groups in total. The van der Waals surface area contributed by atoms with Crippen molar-refractivity contribution in [2.45, 2.75) is 33.0 Å². The predicted molar refractivity (Wildman–Crippen MR) is 113 cm³/mol. The van der Waals surface area contributed by atoms with Gasteiger partial charge < -0.3 is 19.4 Å². The highest BCUT2D eigenvalue weighted by Gasteiger charge is 2.43. The Kier molecular flexibility index (Phi) is 5.05. The molecule has 1 atom stereocenters. The van der Waals surface area contributed by atoms with Crippen molar-refractivity contribution in [3.05, 3.63) is 83.8 Å². The first-order valence-electron chi connectivity index (χ1n) is 9.92. The first kappa shape index (κ1) is 19.1. The molecular weight excluding hydrogens is 364 g/mol. The summed E-state index contributed by atoms with van der Waals surface area (Å²) in [6, 6.07) is 19.3. The van der Waals surface area contributed by atoms with Crippen molar-refractivity contribution >= 4 is 11.6 Å². The summed E-state index contributed by atoms with van der Waals surface area (Å²) in [6.07, 6.45) is 1.63. The second-order valence-electron chi connectivity index (χ2n) is 7.95. The molecule has 0 spiro atoms. The highest BCUT2D eigenvalue weighted by Crippen LogP contribution is 2.39. The van der Waals surface area contributed by atoms with E-state index < -0.39 is 5.66 Å². The number of benzene rings is 2. The van der Waals surface area contributed by atoms with Crippen LogP contribution in [0.25, 0.3) is 0 Å². The number of ether oxygens (including phenoxy) is 1. The average molecular weight is 390 g/mol. The van der Waals surface area contributed by atoms with Crippen LogP contribution in [-0.4, -0.2) is 17.4 Å². The fraction of sp³-hybridized carbons (Fsp3) is 0.292.